The third-order valence-corrected chi connectivity index (χ3v) is 2.97. The molecule has 0 spiro atoms. The smallest absolute Gasteiger partial charge is 0.0270 e. The van der Waals surface area contributed by atoms with E-state index in [1.807, 2.05) is 0 Å². The molecule has 0 N–H and O–H groups in total. The lowest BCUT2D eigenvalue weighted by atomic mass is 9.77. The van der Waals surface area contributed by atoms with Crippen LogP contribution < -0.4 is 0 Å². The van der Waals surface area contributed by atoms with Crippen molar-refractivity contribution in [2.45, 2.75) is 39.1 Å². The second-order valence-corrected chi connectivity index (χ2v) is 4.79. The summed E-state index contributed by atoms with van der Waals surface area (Å²) in [6, 6.07) is 0. The molecule has 2 aliphatic rings. The van der Waals surface area contributed by atoms with Crippen molar-refractivity contribution in [2.24, 2.45) is 11.8 Å². The van der Waals surface area contributed by atoms with Crippen molar-refractivity contribution in [2.75, 3.05) is 13.1 Å². The summed E-state index contributed by atoms with van der Waals surface area (Å²) in [5, 5.41) is 0. The summed E-state index contributed by atoms with van der Waals surface area (Å²) >= 11 is 0. The second kappa shape index (κ2) is 2.22. The van der Waals surface area contributed by atoms with Crippen LogP contribution in [0.25, 0.3) is 0 Å². The van der Waals surface area contributed by atoms with Gasteiger partial charge in [-0.05, 0) is 45.4 Å². The van der Waals surface area contributed by atoms with Crippen LogP contribution in [0.15, 0.2) is 0 Å². The van der Waals surface area contributed by atoms with E-state index in [4.69, 9.17) is 2.74 Å². The van der Waals surface area contributed by atoms with Crippen LogP contribution in [0, 0.1) is 11.8 Å². The highest BCUT2D eigenvalue weighted by Gasteiger charge is 2.42. The van der Waals surface area contributed by atoms with E-state index in [2.05, 4.69) is 25.7 Å². The Morgan fingerprint density at radius 2 is 1.64 bits per heavy atom. The predicted octanol–water partition coefficient (Wildman–Crippen LogP) is 2.13. The van der Waals surface area contributed by atoms with E-state index in [0.717, 1.165) is 13.1 Å². The van der Waals surface area contributed by atoms with Crippen molar-refractivity contribution in [3.63, 3.8) is 0 Å². The summed E-state index contributed by atoms with van der Waals surface area (Å²) in [6.07, 6.45) is -0.227. The minimum absolute atomic E-state index is 0.114. The molecule has 0 bridgehead atoms. The fourth-order valence-electron chi connectivity index (χ4n) is 1.95. The normalized spacial score (nSPS) is 54.5. The lowest BCUT2D eigenvalue weighted by molar-refractivity contribution is 0.169. The molecule has 11 heavy (non-hydrogen) atoms. The van der Waals surface area contributed by atoms with Crippen molar-refractivity contribution in [1.82, 2.24) is 4.90 Å². The van der Waals surface area contributed by atoms with Crippen LogP contribution in [0.5, 0.6) is 0 Å². The topological polar surface area (TPSA) is 3.24 Å². The number of likely N-dealkylation sites (tertiary alicyclic amines) is 1. The molecule has 2 fully saturated rings. The first-order valence-electron chi connectivity index (χ1n) is 5.66. The molecule has 4 atom stereocenters. The average molecular weight is 155 g/mol. The van der Waals surface area contributed by atoms with Crippen molar-refractivity contribution in [1.29, 1.82) is 0 Å². The Kier molecular flexibility index (Phi) is 1.13. The van der Waals surface area contributed by atoms with Crippen LogP contribution in [-0.2, 0) is 0 Å². The van der Waals surface area contributed by atoms with Crippen molar-refractivity contribution >= 4 is 0 Å². The molecule has 2 rings (SSSR count). The fourth-order valence-corrected chi connectivity index (χ4v) is 1.95. The number of hydrogen-bond donors (Lipinski definition) is 0. The predicted molar refractivity (Wildman–Crippen MR) is 47.5 cm³/mol. The van der Waals surface area contributed by atoms with E-state index in [1.165, 1.54) is 0 Å². The van der Waals surface area contributed by atoms with Crippen LogP contribution in [0.3, 0.4) is 0 Å². The molecule has 0 radical (unpaired) electrons. The van der Waals surface area contributed by atoms with Crippen LogP contribution in [0.4, 0.5) is 0 Å². The second-order valence-electron chi connectivity index (χ2n) is 4.79. The third kappa shape index (κ3) is 1.20. The van der Waals surface area contributed by atoms with E-state index in [-0.39, 0.29) is 18.3 Å². The molecule has 64 valence electrons. The summed E-state index contributed by atoms with van der Waals surface area (Å²) in [7, 11) is 0. The van der Waals surface area contributed by atoms with Crippen LogP contribution in [0.2, 0.25) is 0 Å². The fraction of sp³-hybridized carbons (Fsp3) is 1.00. The first kappa shape index (κ1) is 5.58. The lowest BCUT2D eigenvalue weighted by Crippen LogP contribution is -2.39. The van der Waals surface area contributed by atoms with Gasteiger partial charge in [-0.2, -0.15) is 0 Å². The van der Waals surface area contributed by atoms with Gasteiger partial charge in [-0.3, -0.25) is 4.90 Å². The maximum Gasteiger partial charge on any atom is 0.0270 e. The molecular formula is C10H19N. The van der Waals surface area contributed by atoms with Gasteiger partial charge in [-0.15, -0.1) is 0 Å². The molecule has 1 saturated carbocycles. The zero-order chi connectivity index (χ0) is 9.80. The van der Waals surface area contributed by atoms with Gasteiger partial charge < -0.3 is 0 Å². The number of rotatable bonds is 0. The third-order valence-electron chi connectivity index (χ3n) is 2.97. The molecule has 1 heterocycles. The van der Waals surface area contributed by atoms with Crippen LogP contribution in [-0.4, -0.2) is 23.5 Å². The Bertz CT molecular complexity index is 195. The molecule has 0 aromatic carbocycles. The molecule has 0 aromatic heterocycles. The van der Waals surface area contributed by atoms with Crippen molar-refractivity contribution < 1.29 is 2.74 Å². The zero-order valence-corrected chi connectivity index (χ0v) is 7.67. The maximum absolute atomic E-state index is 7.73. The Morgan fingerprint density at radius 3 is 2.00 bits per heavy atom. The van der Waals surface area contributed by atoms with E-state index in [0.29, 0.717) is 11.8 Å². The standard InChI is InChI=1S/C10H19N/c1-10(2,3)11-6-8-4-5-9(8)7-11/h8-9H,4-7H2,1-3H3/t8-,9+/i4D,5D/t4-,5+,8+,9-. The summed E-state index contributed by atoms with van der Waals surface area (Å²) in [5.41, 5.74) is 0.219. The number of nitrogens with zero attached hydrogens (tertiary/aromatic N) is 1. The highest BCUT2D eigenvalue weighted by molar-refractivity contribution is 4.95. The van der Waals surface area contributed by atoms with Gasteiger partial charge >= 0.3 is 0 Å². The van der Waals surface area contributed by atoms with E-state index >= 15 is 0 Å². The first-order valence-corrected chi connectivity index (χ1v) is 4.51. The molecule has 1 heteroatoms. The van der Waals surface area contributed by atoms with E-state index in [1.54, 1.807) is 0 Å². The Hall–Kier alpha value is -0.0400. The molecule has 0 aromatic rings. The Morgan fingerprint density at radius 1 is 1.18 bits per heavy atom. The SMILES string of the molecule is [2H][C@@H]1[C@H]([2H])[C@@H]2CN(C(C)(C)C)C[C@H]12. The number of fused-ring (bicyclic) bond motifs is 1. The summed E-state index contributed by atoms with van der Waals surface area (Å²) < 4.78 is 15.5. The largest absolute Gasteiger partial charge is 0.298 e. The number of hydrogen-bond acceptors (Lipinski definition) is 1. The minimum atomic E-state index is -0.114. The summed E-state index contributed by atoms with van der Waals surface area (Å²) in [4.78, 5) is 2.43. The molecule has 1 aliphatic carbocycles. The highest BCUT2D eigenvalue weighted by Crippen LogP contribution is 2.42. The van der Waals surface area contributed by atoms with Crippen molar-refractivity contribution in [3.05, 3.63) is 0 Å². The monoisotopic (exact) mass is 155 g/mol. The molecule has 1 aliphatic heterocycles. The first-order chi connectivity index (χ1) is 5.91. The Labute approximate surface area is 72.6 Å². The maximum atomic E-state index is 7.73. The molecule has 1 saturated heterocycles. The van der Waals surface area contributed by atoms with Gasteiger partial charge in [0.2, 0.25) is 0 Å². The van der Waals surface area contributed by atoms with Gasteiger partial charge in [0.25, 0.3) is 0 Å². The van der Waals surface area contributed by atoms with Crippen LogP contribution >= 0.6 is 0 Å². The van der Waals surface area contributed by atoms with Gasteiger partial charge in [0.15, 0.2) is 0 Å². The summed E-state index contributed by atoms with van der Waals surface area (Å²) in [6.45, 7) is 8.73. The minimum Gasteiger partial charge on any atom is -0.298 e. The molecular weight excluding hydrogens is 134 g/mol. The van der Waals surface area contributed by atoms with Gasteiger partial charge in [-0.25, -0.2) is 0 Å². The average Bonchev–Trinajstić information content (AvgIpc) is 2.42. The molecule has 0 unspecified atom stereocenters. The summed E-state index contributed by atoms with van der Waals surface area (Å²) in [5.74, 6) is 0.975. The van der Waals surface area contributed by atoms with Crippen LogP contribution in [0.1, 0.15) is 36.3 Å². The Balaban J connectivity index is 2.03. The van der Waals surface area contributed by atoms with Gasteiger partial charge in [0, 0.05) is 21.4 Å². The van der Waals surface area contributed by atoms with Crippen molar-refractivity contribution in [3.8, 4) is 0 Å². The highest BCUT2D eigenvalue weighted by atomic mass is 15.2. The van der Waals surface area contributed by atoms with Gasteiger partial charge in [0.1, 0.15) is 0 Å². The van der Waals surface area contributed by atoms with Gasteiger partial charge in [0.05, 0.1) is 0 Å². The lowest BCUT2D eigenvalue weighted by Gasteiger charge is -2.31. The zero-order valence-electron chi connectivity index (χ0n) is 9.67. The van der Waals surface area contributed by atoms with E-state index < -0.39 is 0 Å². The van der Waals surface area contributed by atoms with E-state index in [9.17, 15) is 0 Å². The quantitative estimate of drug-likeness (QED) is 0.518. The molecule has 1 nitrogen and oxygen atoms in total. The van der Waals surface area contributed by atoms with Gasteiger partial charge in [-0.1, -0.05) is 0 Å². The molecule has 0 amide bonds.